The van der Waals surface area contributed by atoms with Gasteiger partial charge in [0.2, 0.25) is 0 Å². The summed E-state index contributed by atoms with van der Waals surface area (Å²) < 4.78 is 0. The van der Waals surface area contributed by atoms with Crippen LogP contribution in [0.15, 0.2) is 47.6 Å². The third-order valence-electron chi connectivity index (χ3n) is 4.76. The number of phenolic OH excluding ortho intramolecular Hbond substituents is 2. The molecule has 0 saturated carbocycles. The minimum Gasteiger partial charge on any atom is -0.504 e. The van der Waals surface area contributed by atoms with Gasteiger partial charge in [-0.1, -0.05) is 29.8 Å². The summed E-state index contributed by atoms with van der Waals surface area (Å²) in [6.45, 7) is 6.87. The second-order valence-corrected chi connectivity index (χ2v) is 7.08. The van der Waals surface area contributed by atoms with E-state index in [-0.39, 0.29) is 17.4 Å². The van der Waals surface area contributed by atoms with Crippen molar-refractivity contribution in [2.75, 3.05) is 32.7 Å². The molecule has 0 spiro atoms. The Morgan fingerprint density at radius 3 is 2.39 bits per heavy atom. The van der Waals surface area contributed by atoms with Crippen molar-refractivity contribution in [1.29, 1.82) is 0 Å². The molecule has 1 saturated heterocycles. The molecular weight excluding hydrogens is 356 g/mol. The summed E-state index contributed by atoms with van der Waals surface area (Å²) in [5, 5.41) is 22.6. The highest BCUT2D eigenvalue weighted by Gasteiger charge is 2.18. The van der Waals surface area contributed by atoms with Crippen molar-refractivity contribution >= 4 is 12.1 Å². The van der Waals surface area contributed by atoms with Crippen molar-refractivity contribution in [3.63, 3.8) is 0 Å². The second-order valence-electron chi connectivity index (χ2n) is 7.08. The Morgan fingerprint density at radius 2 is 1.71 bits per heavy atom. The monoisotopic (exact) mass is 382 g/mol. The first-order valence-electron chi connectivity index (χ1n) is 9.34. The summed E-state index contributed by atoms with van der Waals surface area (Å²) in [5.74, 6) is -0.590. The molecule has 2 aromatic rings. The van der Waals surface area contributed by atoms with E-state index in [0.717, 1.165) is 32.7 Å². The highest BCUT2D eigenvalue weighted by atomic mass is 16.3. The third kappa shape index (κ3) is 5.80. The molecule has 1 aliphatic rings. The number of carbonyl (C=O) groups excluding carboxylic acids is 1. The van der Waals surface area contributed by atoms with Crippen LogP contribution in [0.1, 0.15) is 16.7 Å². The van der Waals surface area contributed by atoms with E-state index in [1.165, 1.54) is 29.5 Å². The van der Waals surface area contributed by atoms with Gasteiger partial charge in [0, 0.05) is 32.7 Å². The van der Waals surface area contributed by atoms with Gasteiger partial charge in [0.1, 0.15) is 0 Å². The smallest absolute Gasteiger partial charge is 0.254 e. The Morgan fingerprint density at radius 1 is 1.04 bits per heavy atom. The van der Waals surface area contributed by atoms with Crippen molar-refractivity contribution in [1.82, 2.24) is 15.2 Å². The van der Waals surface area contributed by atoms with Gasteiger partial charge in [0.15, 0.2) is 11.5 Å². The van der Waals surface area contributed by atoms with Crippen LogP contribution in [0.2, 0.25) is 0 Å². The lowest BCUT2D eigenvalue weighted by Gasteiger charge is -2.34. The van der Waals surface area contributed by atoms with Crippen LogP contribution in [0.25, 0.3) is 0 Å². The summed E-state index contributed by atoms with van der Waals surface area (Å²) in [6.07, 6.45) is 1.43. The molecule has 0 aliphatic carbocycles. The third-order valence-corrected chi connectivity index (χ3v) is 4.76. The van der Waals surface area contributed by atoms with Crippen LogP contribution in [0, 0.1) is 6.92 Å². The zero-order valence-corrected chi connectivity index (χ0v) is 16.0. The molecule has 1 heterocycles. The van der Waals surface area contributed by atoms with E-state index in [1.807, 2.05) is 0 Å². The van der Waals surface area contributed by atoms with E-state index in [0.29, 0.717) is 12.1 Å². The number of hydrogen-bond acceptors (Lipinski definition) is 6. The van der Waals surface area contributed by atoms with Crippen LogP contribution < -0.4 is 5.43 Å². The molecule has 0 unspecified atom stereocenters. The van der Waals surface area contributed by atoms with Crippen molar-refractivity contribution in [3.8, 4) is 11.5 Å². The first kappa shape index (κ1) is 19.9. The minimum atomic E-state index is -0.223. The van der Waals surface area contributed by atoms with E-state index in [2.05, 4.69) is 51.5 Å². The lowest BCUT2D eigenvalue weighted by atomic mass is 10.1. The lowest BCUT2D eigenvalue weighted by Crippen LogP contribution is -2.48. The van der Waals surface area contributed by atoms with Crippen LogP contribution in [0.4, 0.5) is 0 Å². The van der Waals surface area contributed by atoms with Crippen LogP contribution >= 0.6 is 0 Å². The first-order valence-corrected chi connectivity index (χ1v) is 9.34. The fourth-order valence-corrected chi connectivity index (χ4v) is 3.10. The highest BCUT2D eigenvalue weighted by Crippen LogP contribution is 2.23. The number of nitrogens with zero attached hydrogens (tertiary/aromatic N) is 3. The minimum absolute atomic E-state index is 0.175. The van der Waals surface area contributed by atoms with Gasteiger partial charge in [-0.2, -0.15) is 5.10 Å². The zero-order chi connectivity index (χ0) is 19.9. The first-order chi connectivity index (χ1) is 13.5. The number of piperazine rings is 1. The van der Waals surface area contributed by atoms with Crippen molar-refractivity contribution in [3.05, 3.63) is 59.2 Å². The van der Waals surface area contributed by atoms with Gasteiger partial charge in [-0.3, -0.25) is 14.6 Å². The normalized spacial score (nSPS) is 15.8. The number of nitrogens with one attached hydrogen (secondary N) is 1. The van der Waals surface area contributed by atoms with E-state index in [1.54, 1.807) is 6.07 Å². The summed E-state index contributed by atoms with van der Waals surface area (Å²) in [7, 11) is 0. The van der Waals surface area contributed by atoms with Gasteiger partial charge in [-0.05, 0) is 36.2 Å². The Kier molecular flexibility index (Phi) is 6.62. The van der Waals surface area contributed by atoms with Gasteiger partial charge in [0.05, 0.1) is 12.8 Å². The maximum Gasteiger partial charge on any atom is 0.254 e. The number of carbonyl (C=O) groups is 1. The molecule has 0 aromatic heterocycles. The standard InChI is InChI=1S/C21H26N4O3/c1-16-2-4-17(5-3-16)14-24-8-10-25(11-9-24)15-21(28)23-22-13-18-6-7-19(26)20(27)12-18/h2-7,12-13,26-27H,8-11,14-15H2,1H3,(H,23,28)/b22-13+. The Hall–Kier alpha value is -2.90. The highest BCUT2D eigenvalue weighted by molar-refractivity contribution is 5.83. The molecule has 148 valence electrons. The molecule has 0 atom stereocenters. The maximum absolute atomic E-state index is 12.1. The van der Waals surface area contributed by atoms with Crippen molar-refractivity contribution in [2.45, 2.75) is 13.5 Å². The molecule has 0 radical (unpaired) electrons. The second kappa shape index (κ2) is 9.34. The number of benzene rings is 2. The summed E-state index contributed by atoms with van der Waals surface area (Å²) >= 11 is 0. The number of aromatic hydroxyl groups is 2. The van der Waals surface area contributed by atoms with E-state index in [4.69, 9.17) is 0 Å². The molecule has 1 aliphatic heterocycles. The Balaban J connectivity index is 1.39. The zero-order valence-electron chi connectivity index (χ0n) is 16.0. The molecule has 2 aromatic carbocycles. The number of rotatable bonds is 6. The molecule has 1 fully saturated rings. The molecular formula is C21H26N4O3. The van der Waals surface area contributed by atoms with Crippen LogP contribution in [0.3, 0.4) is 0 Å². The summed E-state index contributed by atoms with van der Waals surface area (Å²) in [6, 6.07) is 12.9. The number of hydrazone groups is 1. The molecule has 3 N–H and O–H groups in total. The fraction of sp³-hybridized carbons (Fsp3) is 0.333. The average Bonchev–Trinajstić information content (AvgIpc) is 2.68. The van der Waals surface area contributed by atoms with E-state index < -0.39 is 0 Å². The van der Waals surface area contributed by atoms with Crippen LogP contribution in [0.5, 0.6) is 11.5 Å². The topological polar surface area (TPSA) is 88.4 Å². The number of phenols is 2. The number of hydrogen-bond donors (Lipinski definition) is 3. The molecule has 1 amide bonds. The van der Waals surface area contributed by atoms with E-state index in [9.17, 15) is 15.0 Å². The SMILES string of the molecule is Cc1ccc(CN2CCN(CC(=O)N/N=C/c3ccc(O)c(O)c3)CC2)cc1. The number of amides is 1. The lowest BCUT2D eigenvalue weighted by molar-refractivity contribution is -0.122. The van der Waals surface area contributed by atoms with Gasteiger partial charge in [-0.25, -0.2) is 5.43 Å². The molecule has 7 nitrogen and oxygen atoms in total. The quantitative estimate of drug-likeness (QED) is 0.402. The fourth-order valence-electron chi connectivity index (χ4n) is 3.10. The Labute approximate surface area is 164 Å². The average molecular weight is 382 g/mol. The number of aryl methyl sites for hydroxylation is 1. The van der Waals surface area contributed by atoms with Crippen LogP contribution in [-0.2, 0) is 11.3 Å². The van der Waals surface area contributed by atoms with Gasteiger partial charge >= 0.3 is 0 Å². The predicted octanol–water partition coefficient (Wildman–Crippen LogP) is 1.67. The molecule has 28 heavy (non-hydrogen) atoms. The molecule has 3 rings (SSSR count). The molecule has 7 heteroatoms. The van der Waals surface area contributed by atoms with Gasteiger partial charge < -0.3 is 10.2 Å². The largest absolute Gasteiger partial charge is 0.504 e. The van der Waals surface area contributed by atoms with Gasteiger partial charge in [0.25, 0.3) is 5.91 Å². The van der Waals surface area contributed by atoms with E-state index >= 15 is 0 Å². The predicted molar refractivity (Wildman–Crippen MR) is 108 cm³/mol. The maximum atomic E-state index is 12.1. The Bertz CT molecular complexity index is 828. The van der Waals surface area contributed by atoms with Crippen molar-refractivity contribution < 1.29 is 15.0 Å². The van der Waals surface area contributed by atoms with Crippen LogP contribution in [-0.4, -0.2) is 64.9 Å². The molecule has 0 bridgehead atoms. The summed E-state index contributed by atoms with van der Waals surface area (Å²) in [5.41, 5.74) is 5.66. The summed E-state index contributed by atoms with van der Waals surface area (Å²) in [4.78, 5) is 16.6. The van der Waals surface area contributed by atoms with Gasteiger partial charge in [-0.15, -0.1) is 0 Å². The van der Waals surface area contributed by atoms with Crippen molar-refractivity contribution in [2.24, 2.45) is 5.10 Å².